The van der Waals surface area contributed by atoms with Crippen LogP contribution < -0.4 is 0 Å². The fraction of sp³-hybridized carbons (Fsp3) is 0.190. The maximum Gasteiger partial charge on any atom is 0.270 e. The molecule has 1 aromatic heterocycles. The molecule has 0 fully saturated rings. The molecule has 4 rings (SSSR count). The van der Waals surface area contributed by atoms with E-state index in [1.807, 2.05) is 48.1 Å². The lowest BCUT2D eigenvalue weighted by Crippen LogP contribution is -2.05. The predicted molar refractivity (Wildman–Crippen MR) is 117 cm³/mol. The van der Waals surface area contributed by atoms with Crippen LogP contribution in [0.25, 0.3) is 22.0 Å². The Hall–Kier alpha value is -3.26. The van der Waals surface area contributed by atoms with Crippen LogP contribution in [0.5, 0.6) is 0 Å². The number of carbonyl (C=O) groups is 1. The fourth-order valence-corrected chi connectivity index (χ4v) is 3.95. The van der Waals surface area contributed by atoms with Crippen molar-refractivity contribution in [2.75, 3.05) is 5.75 Å². The molecule has 1 aliphatic heterocycles. The number of nitro groups is 1. The second-order valence-corrected chi connectivity index (χ2v) is 7.98. The number of Topliss-reactive ketones (excluding diaryl/α,β-unsaturated/α-hetero) is 1. The highest BCUT2D eigenvalue weighted by atomic mass is 32.2. The Labute approximate surface area is 171 Å². The monoisotopic (exact) mass is 406 g/mol. The van der Waals surface area contributed by atoms with Crippen molar-refractivity contribution in [2.24, 2.45) is 17.3 Å². The van der Waals surface area contributed by atoms with Gasteiger partial charge < -0.3 is 4.57 Å². The second-order valence-electron chi connectivity index (χ2n) is 6.93. The van der Waals surface area contributed by atoms with Crippen LogP contribution in [0.3, 0.4) is 0 Å². The van der Waals surface area contributed by atoms with E-state index in [-0.39, 0.29) is 11.5 Å². The summed E-state index contributed by atoms with van der Waals surface area (Å²) in [6.07, 6.45) is 2.45. The molecule has 2 aromatic carbocycles. The molecule has 1 aliphatic rings. The molecule has 0 atom stereocenters. The Bertz CT molecular complexity index is 1210. The van der Waals surface area contributed by atoms with E-state index < -0.39 is 4.92 Å². The fourth-order valence-electron chi connectivity index (χ4n) is 3.25. The second kappa shape index (κ2) is 7.63. The van der Waals surface area contributed by atoms with Crippen LogP contribution >= 0.6 is 11.8 Å². The highest BCUT2D eigenvalue weighted by Gasteiger charge is 2.20. The van der Waals surface area contributed by atoms with E-state index in [1.165, 1.54) is 24.8 Å². The number of rotatable bonds is 5. The van der Waals surface area contributed by atoms with Gasteiger partial charge >= 0.3 is 0 Å². The molecule has 0 bridgehead atoms. The molecule has 3 aromatic rings. The zero-order valence-corrected chi connectivity index (χ0v) is 16.8. The van der Waals surface area contributed by atoms with Gasteiger partial charge in [0, 0.05) is 42.9 Å². The van der Waals surface area contributed by atoms with Gasteiger partial charge in [-0.3, -0.25) is 14.9 Å². The highest BCUT2D eigenvalue weighted by Crippen LogP contribution is 2.30. The van der Waals surface area contributed by atoms with Crippen LogP contribution in [0.2, 0.25) is 0 Å². The Kier molecular flexibility index (Phi) is 5.02. The van der Waals surface area contributed by atoms with Crippen molar-refractivity contribution >= 4 is 44.9 Å². The summed E-state index contributed by atoms with van der Waals surface area (Å²) in [6.45, 7) is 1.53. The van der Waals surface area contributed by atoms with Crippen molar-refractivity contribution in [1.82, 2.24) is 4.57 Å². The summed E-state index contributed by atoms with van der Waals surface area (Å²) in [7, 11) is 1.97. The first kappa shape index (κ1) is 19.1. The van der Waals surface area contributed by atoms with Gasteiger partial charge in [0.15, 0.2) is 0 Å². The number of hydrogen-bond acceptors (Lipinski definition) is 6. The molecule has 0 aliphatic carbocycles. The van der Waals surface area contributed by atoms with E-state index in [2.05, 4.69) is 10.2 Å². The molecule has 0 unspecified atom stereocenters. The van der Waals surface area contributed by atoms with Crippen molar-refractivity contribution in [1.29, 1.82) is 0 Å². The van der Waals surface area contributed by atoms with Crippen LogP contribution in [0.1, 0.15) is 18.9 Å². The number of carbonyl (C=O) groups excluding carboxylic acids is 1. The van der Waals surface area contributed by atoms with Crippen molar-refractivity contribution in [3.63, 3.8) is 0 Å². The number of aromatic nitrogens is 1. The average molecular weight is 406 g/mol. The maximum absolute atomic E-state index is 11.5. The van der Waals surface area contributed by atoms with Gasteiger partial charge in [0.25, 0.3) is 5.69 Å². The lowest BCUT2D eigenvalue weighted by atomic mass is 9.98. The van der Waals surface area contributed by atoms with Crippen molar-refractivity contribution in [3.05, 3.63) is 64.3 Å². The average Bonchev–Trinajstić information content (AvgIpc) is 3.33. The maximum atomic E-state index is 11.5. The van der Waals surface area contributed by atoms with Gasteiger partial charge in [-0.1, -0.05) is 12.1 Å². The number of aryl methyl sites for hydroxylation is 1. The minimum atomic E-state index is -0.393. The third-order valence-corrected chi connectivity index (χ3v) is 5.84. The van der Waals surface area contributed by atoms with E-state index in [1.54, 1.807) is 6.07 Å². The largest absolute Gasteiger partial charge is 0.351 e. The molecule has 0 N–H and O–H groups in total. The predicted octanol–water partition coefficient (Wildman–Crippen LogP) is 4.58. The topological polar surface area (TPSA) is 89.9 Å². The van der Waals surface area contributed by atoms with Crippen LogP contribution in [-0.2, 0) is 11.8 Å². The van der Waals surface area contributed by atoms with E-state index in [4.69, 9.17) is 0 Å². The first-order valence-electron chi connectivity index (χ1n) is 9.01. The summed E-state index contributed by atoms with van der Waals surface area (Å²) in [5.41, 5.74) is 4.06. The molecule has 8 heteroatoms. The van der Waals surface area contributed by atoms with Gasteiger partial charge in [0.2, 0.25) is 0 Å². The molecule has 146 valence electrons. The van der Waals surface area contributed by atoms with Crippen LogP contribution in [-0.4, -0.2) is 31.8 Å². The summed E-state index contributed by atoms with van der Waals surface area (Å²) >= 11 is 1.35. The standard InChI is InChI=1S/C21H18N4O3S/c1-13(26)12-29-21-11-19(22-23-21)17-7-16(8-18(9-17)25(27)28)15-4-3-14-5-6-24(2)20(14)10-15/h3-10H,11-12H2,1-2H3. The first-order valence-corrected chi connectivity index (χ1v) is 10.0. The van der Waals surface area contributed by atoms with Crippen LogP contribution in [0.15, 0.2) is 58.9 Å². The summed E-state index contributed by atoms with van der Waals surface area (Å²) < 4.78 is 2.02. The zero-order valence-electron chi connectivity index (χ0n) is 16.0. The summed E-state index contributed by atoms with van der Waals surface area (Å²) in [4.78, 5) is 22.3. The van der Waals surface area contributed by atoms with E-state index >= 15 is 0 Å². The van der Waals surface area contributed by atoms with Crippen LogP contribution in [0.4, 0.5) is 5.69 Å². The zero-order chi connectivity index (χ0) is 20.5. The molecule has 0 radical (unpaired) electrons. The molecular formula is C21H18N4O3S. The molecule has 2 heterocycles. The summed E-state index contributed by atoms with van der Waals surface area (Å²) in [5.74, 6) is 0.415. The van der Waals surface area contributed by atoms with Gasteiger partial charge in [0.05, 0.1) is 16.4 Å². The number of thioether (sulfide) groups is 1. The third kappa shape index (κ3) is 3.97. The van der Waals surface area contributed by atoms with Crippen molar-refractivity contribution < 1.29 is 9.72 Å². The molecule has 7 nitrogen and oxygen atoms in total. The van der Waals surface area contributed by atoms with E-state index in [9.17, 15) is 14.9 Å². The Morgan fingerprint density at radius 3 is 2.69 bits per heavy atom. The number of benzene rings is 2. The van der Waals surface area contributed by atoms with Gasteiger partial charge in [0.1, 0.15) is 10.8 Å². The minimum Gasteiger partial charge on any atom is -0.351 e. The number of hydrogen-bond donors (Lipinski definition) is 0. The SMILES string of the molecule is CC(=O)CSC1=NN=C(c2cc(-c3ccc4ccn(C)c4c3)cc([N+](=O)[O-])c2)C1. The third-order valence-electron chi connectivity index (χ3n) is 4.73. The van der Waals surface area contributed by atoms with E-state index in [0.29, 0.717) is 23.4 Å². The van der Waals surface area contributed by atoms with Gasteiger partial charge in [-0.15, -0.1) is 16.9 Å². The number of non-ortho nitro benzene ring substituents is 1. The summed E-state index contributed by atoms with van der Waals surface area (Å²) in [5, 5.41) is 21.7. The molecular weight excluding hydrogens is 388 g/mol. The number of nitro benzene ring substituents is 1. The Morgan fingerprint density at radius 2 is 1.93 bits per heavy atom. The highest BCUT2D eigenvalue weighted by molar-refractivity contribution is 8.14. The molecule has 29 heavy (non-hydrogen) atoms. The molecule has 0 saturated carbocycles. The minimum absolute atomic E-state index is 0.0111. The normalized spacial score (nSPS) is 13.4. The lowest BCUT2D eigenvalue weighted by Gasteiger charge is -2.08. The number of fused-ring (bicyclic) bond motifs is 1. The van der Waals surface area contributed by atoms with Crippen LogP contribution in [0, 0.1) is 10.1 Å². The summed E-state index contributed by atoms with van der Waals surface area (Å²) in [6, 6.07) is 13.0. The molecule has 0 spiro atoms. The van der Waals surface area contributed by atoms with E-state index in [0.717, 1.165) is 27.1 Å². The van der Waals surface area contributed by atoms with Gasteiger partial charge in [-0.25, -0.2) is 0 Å². The Balaban J connectivity index is 1.69. The lowest BCUT2D eigenvalue weighted by molar-refractivity contribution is -0.384. The smallest absolute Gasteiger partial charge is 0.270 e. The molecule has 0 saturated heterocycles. The number of ketones is 1. The van der Waals surface area contributed by atoms with Crippen molar-refractivity contribution in [3.8, 4) is 11.1 Å². The first-order chi connectivity index (χ1) is 13.9. The quantitative estimate of drug-likeness (QED) is 0.458. The van der Waals surface area contributed by atoms with Crippen molar-refractivity contribution in [2.45, 2.75) is 13.3 Å². The van der Waals surface area contributed by atoms with Gasteiger partial charge in [-0.05, 0) is 41.6 Å². The Morgan fingerprint density at radius 1 is 1.14 bits per heavy atom. The van der Waals surface area contributed by atoms with Gasteiger partial charge in [-0.2, -0.15) is 5.10 Å². The number of nitrogens with zero attached hydrogens (tertiary/aromatic N) is 4. The molecule has 0 amide bonds.